The van der Waals surface area contributed by atoms with Crippen LogP contribution in [-0.2, 0) is 0 Å². The van der Waals surface area contributed by atoms with Gasteiger partial charge in [0.05, 0.1) is 28.8 Å². The lowest BCUT2D eigenvalue weighted by molar-refractivity contribution is 0.0450. The van der Waals surface area contributed by atoms with Gasteiger partial charge in [0.1, 0.15) is 0 Å². The Balaban J connectivity index is 1.88. The van der Waals surface area contributed by atoms with Crippen molar-refractivity contribution in [2.24, 2.45) is 0 Å². The smallest absolute Gasteiger partial charge is 0.252 e. The van der Waals surface area contributed by atoms with Crippen molar-refractivity contribution >= 4 is 16.9 Å². The summed E-state index contributed by atoms with van der Waals surface area (Å²) < 4.78 is 1.88. The van der Waals surface area contributed by atoms with Crippen LogP contribution in [0.1, 0.15) is 68.0 Å². The Morgan fingerprint density at radius 1 is 1.46 bits per heavy atom. The van der Waals surface area contributed by atoms with Gasteiger partial charge < -0.3 is 10.4 Å². The average Bonchev–Trinajstić information content (AvgIpc) is 3.18. The standard InChI is InChI=1S/C18H26N4O2/c1-4-13(3)22-16-15(10-20-22)14(9-12(2)21-16)17(23)19-11-18(24)7-5-6-8-18/h9-10,13,24H,4-8,11H2,1-3H3,(H,19,23). The Labute approximate surface area is 142 Å². The lowest BCUT2D eigenvalue weighted by Crippen LogP contribution is -2.40. The van der Waals surface area contributed by atoms with E-state index >= 15 is 0 Å². The quantitative estimate of drug-likeness (QED) is 0.883. The van der Waals surface area contributed by atoms with Gasteiger partial charge in [-0.05, 0) is 39.2 Å². The van der Waals surface area contributed by atoms with E-state index in [0.29, 0.717) is 12.1 Å². The first-order valence-corrected chi connectivity index (χ1v) is 8.79. The Kier molecular flexibility index (Phi) is 4.58. The molecule has 2 N–H and O–H groups in total. The molecule has 1 fully saturated rings. The van der Waals surface area contributed by atoms with E-state index in [2.05, 4.69) is 29.2 Å². The number of rotatable bonds is 5. The molecule has 1 saturated carbocycles. The lowest BCUT2D eigenvalue weighted by atomic mass is 10.0. The zero-order chi connectivity index (χ0) is 17.3. The molecule has 1 atom stereocenters. The fraction of sp³-hybridized carbons (Fsp3) is 0.611. The van der Waals surface area contributed by atoms with Crippen molar-refractivity contribution in [3.05, 3.63) is 23.5 Å². The first-order valence-electron chi connectivity index (χ1n) is 8.79. The molecular weight excluding hydrogens is 304 g/mol. The van der Waals surface area contributed by atoms with Crippen molar-refractivity contribution in [3.63, 3.8) is 0 Å². The highest BCUT2D eigenvalue weighted by molar-refractivity contribution is 6.05. The second kappa shape index (κ2) is 6.51. The molecule has 0 spiro atoms. The second-order valence-corrected chi connectivity index (χ2v) is 7.01. The number of aromatic nitrogens is 3. The summed E-state index contributed by atoms with van der Waals surface area (Å²) >= 11 is 0. The minimum absolute atomic E-state index is 0.172. The van der Waals surface area contributed by atoms with Crippen molar-refractivity contribution in [3.8, 4) is 0 Å². The minimum Gasteiger partial charge on any atom is -0.388 e. The van der Waals surface area contributed by atoms with E-state index in [-0.39, 0.29) is 11.9 Å². The number of nitrogens with one attached hydrogen (secondary N) is 1. The summed E-state index contributed by atoms with van der Waals surface area (Å²) in [6.45, 7) is 6.37. The SMILES string of the molecule is CCC(C)n1ncc2c(C(=O)NCC3(O)CCCC3)cc(C)nc21. The molecule has 0 bridgehead atoms. The van der Waals surface area contributed by atoms with Gasteiger partial charge in [0, 0.05) is 12.2 Å². The van der Waals surface area contributed by atoms with Gasteiger partial charge in [0.25, 0.3) is 5.91 Å². The van der Waals surface area contributed by atoms with Crippen molar-refractivity contribution in [2.75, 3.05) is 6.54 Å². The molecule has 0 saturated heterocycles. The highest BCUT2D eigenvalue weighted by Gasteiger charge is 2.31. The van der Waals surface area contributed by atoms with Crippen LogP contribution in [0.2, 0.25) is 0 Å². The van der Waals surface area contributed by atoms with E-state index in [0.717, 1.165) is 48.8 Å². The number of aryl methyl sites for hydroxylation is 1. The van der Waals surface area contributed by atoms with E-state index in [9.17, 15) is 9.90 Å². The van der Waals surface area contributed by atoms with Crippen molar-refractivity contribution in [1.29, 1.82) is 0 Å². The number of carbonyl (C=O) groups excluding carboxylic acids is 1. The van der Waals surface area contributed by atoms with Crippen LogP contribution in [0.5, 0.6) is 0 Å². The second-order valence-electron chi connectivity index (χ2n) is 7.01. The maximum Gasteiger partial charge on any atom is 0.252 e. The van der Waals surface area contributed by atoms with Gasteiger partial charge in [-0.15, -0.1) is 0 Å². The Morgan fingerprint density at radius 3 is 2.83 bits per heavy atom. The summed E-state index contributed by atoms with van der Waals surface area (Å²) in [5.41, 5.74) is 1.36. The molecule has 6 nitrogen and oxygen atoms in total. The van der Waals surface area contributed by atoms with Crippen molar-refractivity contribution in [2.45, 2.75) is 64.5 Å². The van der Waals surface area contributed by atoms with Gasteiger partial charge in [0.2, 0.25) is 0 Å². The summed E-state index contributed by atoms with van der Waals surface area (Å²) in [4.78, 5) is 17.2. The van der Waals surface area contributed by atoms with E-state index in [4.69, 9.17) is 0 Å². The van der Waals surface area contributed by atoms with Gasteiger partial charge >= 0.3 is 0 Å². The molecule has 1 amide bonds. The predicted octanol–water partition coefficient (Wildman–Crippen LogP) is 2.75. The summed E-state index contributed by atoms with van der Waals surface area (Å²) in [6, 6.07) is 2.02. The summed E-state index contributed by atoms with van der Waals surface area (Å²) in [5.74, 6) is -0.172. The predicted molar refractivity (Wildman–Crippen MR) is 93.0 cm³/mol. The Bertz CT molecular complexity index is 747. The van der Waals surface area contributed by atoms with Crippen molar-refractivity contribution < 1.29 is 9.90 Å². The van der Waals surface area contributed by atoms with Crippen LogP contribution < -0.4 is 5.32 Å². The van der Waals surface area contributed by atoms with E-state index in [1.54, 1.807) is 12.3 Å². The van der Waals surface area contributed by atoms with Crippen molar-refractivity contribution in [1.82, 2.24) is 20.1 Å². The molecule has 3 rings (SSSR count). The number of nitrogens with zero attached hydrogens (tertiary/aromatic N) is 3. The first kappa shape index (κ1) is 16.9. The van der Waals surface area contributed by atoms with Gasteiger partial charge in [-0.2, -0.15) is 5.10 Å². The molecule has 1 aliphatic carbocycles. The topological polar surface area (TPSA) is 80.0 Å². The van der Waals surface area contributed by atoms with Crippen LogP contribution in [0, 0.1) is 6.92 Å². The number of hydrogen-bond donors (Lipinski definition) is 2. The number of pyridine rings is 1. The number of amides is 1. The zero-order valence-electron chi connectivity index (χ0n) is 14.7. The van der Waals surface area contributed by atoms with E-state index < -0.39 is 5.60 Å². The number of carbonyl (C=O) groups is 1. The molecule has 1 unspecified atom stereocenters. The summed E-state index contributed by atoms with van der Waals surface area (Å²) in [5, 5.41) is 18.5. The van der Waals surface area contributed by atoms with Gasteiger partial charge in [-0.3, -0.25) is 4.79 Å². The largest absolute Gasteiger partial charge is 0.388 e. The van der Waals surface area contributed by atoms with Crippen LogP contribution >= 0.6 is 0 Å². The van der Waals surface area contributed by atoms with Gasteiger partial charge in [0.15, 0.2) is 5.65 Å². The monoisotopic (exact) mass is 330 g/mol. The molecule has 24 heavy (non-hydrogen) atoms. The number of hydrogen-bond acceptors (Lipinski definition) is 4. The Hall–Kier alpha value is -1.95. The molecule has 2 aromatic heterocycles. The molecular formula is C18H26N4O2. The van der Waals surface area contributed by atoms with E-state index in [1.807, 2.05) is 11.6 Å². The van der Waals surface area contributed by atoms with E-state index in [1.165, 1.54) is 0 Å². The van der Waals surface area contributed by atoms with Crippen LogP contribution in [0.4, 0.5) is 0 Å². The third-order valence-corrected chi connectivity index (χ3v) is 5.06. The third kappa shape index (κ3) is 3.15. The molecule has 0 radical (unpaired) electrons. The third-order valence-electron chi connectivity index (χ3n) is 5.06. The van der Waals surface area contributed by atoms with Gasteiger partial charge in [-0.25, -0.2) is 9.67 Å². The van der Waals surface area contributed by atoms with Gasteiger partial charge in [-0.1, -0.05) is 19.8 Å². The van der Waals surface area contributed by atoms with Crippen LogP contribution in [0.15, 0.2) is 12.3 Å². The molecule has 2 heterocycles. The maximum atomic E-state index is 12.7. The molecule has 2 aromatic rings. The first-order chi connectivity index (χ1) is 11.4. The fourth-order valence-corrected chi connectivity index (χ4v) is 3.38. The highest BCUT2D eigenvalue weighted by Crippen LogP contribution is 2.29. The summed E-state index contributed by atoms with van der Waals surface area (Å²) in [6.07, 6.45) is 6.21. The number of fused-ring (bicyclic) bond motifs is 1. The minimum atomic E-state index is -0.752. The van der Waals surface area contributed by atoms with Crippen LogP contribution in [0.3, 0.4) is 0 Å². The molecule has 1 aliphatic rings. The molecule has 0 aliphatic heterocycles. The number of aliphatic hydroxyl groups is 1. The van der Waals surface area contributed by atoms with Crippen LogP contribution in [0.25, 0.3) is 11.0 Å². The average molecular weight is 330 g/mol. The fourth-order valence-electron chi connectivity index (χ4n) is 3.38. The van der Waals surface area contributed by atoms with Crippen LogP contribution in [-0.4, -0.2) is 37.9 Å². The molecule has 6 heteroatoms. The normalized spacial score (nSPS) is 18.0. The Morgan fingerprint density at radius 2 is 2.17 bits per heavy atom. The zero-order valence-corrected chi connectivity index (χ0v) is 14.7. The summed E-state index contributed by atoms with van der Waals surface area (Å²) in [7, 11) is 0. The molecule has 130 valence electrons. The lowest BCUT2D eigenvalue weighted by Gasteiger charge is -2.22. The highest BCUT2D eigenvalue weighted by atomic mass is 16.3. The maximum absolute atomic E-state index is 12.7. The molecule has 0 aromatic carbocycles.